The zero-order valence-corrected chi connectivity index (χ0v) is 9.92. The Balaban J connectivity index is 2.06. The largest absolute Gasteiger partial charge is 0.497 e. The fourth-order valence-corrected chi connectivity index (χ4v) is 1.54. The fraction of sp³-hybridized carbons (Fsp3) is 0.231. The number of rotatable bonds is 4. The summed E-state index contributed by atoms with van der Waals surface area (Å²) in [6.07, 6.45) is 3.44. The number of nitrogens with zero attached hydrogens (tertiary/aromatic N) is 2. The molecule has 0 radical (unpaired) electrons. The van der Waals surface area contributed by atoms with Crippen molar-refractivity contribution in [3.63, 3.8) is 0 Å². The molecule has 1 N–H and O–H groups in total. The molecule has 0 aliphatic heterocycles. The van der Waals surface area contributed by atoms with Gasteiger partial charge in [-0.2, -0.15) is 0 Å². The lowest BCUT2D eigenvalue weighted by Gasteiger charge is -2.14. The average molecular weight is 229 g/mol. The number of nitrogens with one attached hydrogen (secondary N) is 1. The van der Waals surface area contributed by atoms with E-state index in [-0.39, 0.29) is 6.04 Å². The molecule has 0 saturated heterocycles. The van der Waals surface area contributed by atoms with Crippen LogP contribution in [0.15, 0.2) is 42.7 Å². The summed E-state index contributed by atoms with van der Waals surface area (Å²) in [6, 6.07) is 9.89. The van der Waals surface area contributed by atoms with Gasteiger partial charge in [-0.25, -0.2) is 9.97 Å². The lowest BCUT2D eigenvalue weighted by molar-refractivity contribution is 0.414. The zero-order chi connectivity index (χ0) is 12.1. The molecule has 88 valence electrons. The Labute approximate surface area is 101 Å². The minimum atomic E-state index is 0.156. The second-order valence-corrected chi connectivity index (χ2v) is 3.71. The Morgan fingerprint density at radius 2 is 1.76 bits per heavy atom. The summed E-state index contributed by atoms with van der Waals surface area (Å²) >= 11 is 0. The van der Waals surface area contributed by atoms with Gasteiger partial charge in [0.2, 0.25) is 5.95 Å². The Morgan fingerprint density at radius 3 is 2.35 bits per heavy atom. The molecule has 0 bridgehead atoms. The van der Waals surface area contributed by atoms with E-state index in [0.29, 0.717) is 5.95 Å². The van der Waals surface area contributed by atoms with Gasteiger partial charge in [-0.15, -0.1) is 0 Å². The van der Waals surface area contributed by atoms with E-state index in [1.54, 1.807) is 25.6 Å². The second kappa shape index (κ2) is 5.30. The summed E-state index contributed by atoms with van der Waals surface area (Å²) in [5.74, 6) is 1.49. The van der Waals surface area contributed by atoms with Gasteiger partial charge in [0, 0.05) is 12.4 Å². The van der Waals surface area contributed by atoms with Gasteiger partial charge in [-0.3, -0.25) is 0 Å². The molecule has 1 aromatic heterocycles. The van der Waals surface area contributed by atoms with Crippen molar-refractivity contribution in [2.75, 3.05) is 12.4 Å². The molecule has 4 heteroatoms. The summed E-state index contributed by atoms with van der Waals surface area (Å²) in [6.45, 7) is 2.07. The standard InChI is InChI=1S/C13H15N3O/c1-10(16-13-14-8-3-9-15-13)11-4-6-12(17-2)7-5-11/h3-10H,1-2H3,(H,14,15,16). The monoisotopic (exact) mass is 229 g/mol. The summed E-state index contributed by atoms with van der Waals surface area (Å²) in [5, 5.41) is 3.23. The molecule has 1 atom stereocenters. The van der Waals surface area contributed by atoms with E-state index in [1.165, 1.54) is 5.56 Å². The van der Waals surface area contributed by atoms with Gasteiger partial charge in [0.1, 0.15) is 5.75 Å². The highest BCUT2D eigenvalue weighted by Gasteiger charge is 2.06. The van der Waals surface area contributed by atoms with E-state index in [0.717, 1.165) is 5.75 Å². The maximum Gasteiger partial charge on any atom is 0.223 e. The van der Waals surface area contributed by atoms with Crippen molar-refractivity contribution in [3.05, 3.63) is 48.3 Å². The topological polar surface area (TPSA) is 47.0 Å². The number of aromatic nitrogens is 2. The molecule has 1 unspecified atom stereocenters. The van der Waals surface area contributed by atoms with Crippen LogP contribution in [0, 0.1) is 0 Å². The van der Waals surface area contributed by atoms with Gasteiger partial charge >= 0.3 is 0 Å². The van der Waals surface area contributed by atoms with E-state index in [2.05, 4.69) is 22.2 Å². The molecular formula is C13H15N3O. The van der Waals surface area contributed by atoms with Crippen LogP contribution >= 0.6 is 0 Å². The van der Waals surface area contributed by atoms with Crippen LogP contribution in [-0.2, 0) is 0 Å². The van der Waals surface area contributed by atoms with Crippen molar-refractivity contribution < 1.29 is 4.74 Å². The number of methoxy groups -OCH3 is 1. The van der Waals surface area contributed by atoms with E-state index in [4.69, 9.17) is 4.74 Å². The highest BCUT2D eigenvalue weighted by Crippen LogP contribution is 2.19. The van der Waals surface area contributed by atoms with Crippen LogP contribution in [0.3, 0.4) is 0 Å². The third-order valence-corrected chi connectivity index (χ3v) is 2.53. The Morgan fingerprint density at radius 1 is 1.12 bits per heavy atom. The normalized spacial score (nSPS) is 11.9. The minimum absolute atomic E-state index is 0.156. The van der Waals surface area contributed by atoms with Crippen LogP contribution in [0.5, 0.6) is 5.75 Å². The maximum absolute atomic E-state index is 5.12. The third kappa shape index (κ3) is 2.93. The van der Waals surface area contributed by atoms with E-state index in [1.807, 2.05) is 24.3 Å². The molecule has 2 rings (SSSR count). The Kier molecular flexibility index (Phi) is 3.55. The first kappa shape index (κ1) is 11.4. The van der Waals surface area contributed by atoms with Gasteiger partial charge in [0.05, 0.1) is 13.2 Å². The smallest absolute Gasteiger partial charge is 0.223 e. The zero-order valence-electron chi connectivity index (χ0n) is 9.92. The number of anilines is 1. The molecule has 1 heterocycles. The van der Waals surface area contributed by atoms with Gasteiger partial charge in [-0.1, -0.05) is 12.1 Å². The van der Waals surface area contributed by atoms with Crippen LogP contribution in [0.1, 0.15) is 18.5 Å². The number of hydrogen-bond acceptors (Lipinski definition) is 4. The fourth-order valence-electron chi connectivity index (χ4n) is 1.54. The number of hydrogen-bond donors (Lipinski definition) is 1. The molecule has 0 spiro atoms. The minimum Gasteiger partial charge on any atom is -0.497 e. The van der Waals surface area contributed by atoms with Crippen LogP contribution in [0.25, 0.3) is 0 Å². The number of ether oxygens (including phenoxy) is 1. The lowest BCUT2D eigenvalue weighted by Crippen LogP contribution is -2.08. The molecule has 1 aromatic carbocycles. The Hall–Kier alpha value is -2.10. The van der Waals surface area contributed by atoms with E-state index >= 15 is 0 Å². The molecule has 0 aliphatic rings. The maximum atomic E-state index is 5.12. The summed E-state index contributed by atoms with van der Waals surface area (Å²) in [7, 11) is 1.66. The van der Waals surface area contributed by atoms with Gasteiger partial charge < -0.3 is 10.1 Å². The predicted octanol–water partition coefficient (Wildman–Crippen LogP) is 2.66. The predicted molar refractivity (Wildman–Crippen MR) is 67.1 cm³/mol. The first-order valence-electron chi connectivity index (χ1n) is 5.47. The van der Waals surface area contributed by atoms with Crippen LogP contribution in [0.2, 0.25) is 0 Å². The van der Waals surface area contributed by atoms with Crippen molar-refractivity contribution in [1.82, 2.24) is 9.97 Å². The van der Waals surface area contributed by atoms with Crippen molar-refractivity contribution >= 4 is 5.95 Å². The van der Waals surface area contributed by atoms with Crippen molar-refractivity contribution in [1.29, 1.82) is 0 Å². The summed E-state index contributed by atoms with van der Waals surface area (Å²) < 4.78 is 5.12. The summed E-state index contributed by atoms with van der Waals surface area (Å²) in [4.78, 5) is 8.26. The third-order valence-electron chi connectivity index (χ3n) is 2.53. The number of benzene rings is 1. The van der Waals surface area contributed by atoms with Crippen molar-refractivity contribution in [3.8, 4) is 5.75 Å². The molecule has 0 saturated carbocycles. The van der Waals surface area contributed by atoms with Crippen molar-refractivity contribution in [2.24, 2.45) is 0 Å². The molecule has 17 heavy (non-hydrogen) atoms. The molecule has 2 aromatic rings. The molecule has 0 fully saturated rings. The first-order chi connectivity index (χ1) is 8.29. The van der Waals surface area contributed by atoms with Gasteiger partial charge in [0.15, 0.2) is 0 Å². The van der Waals surface area contributed by atoms with Gasteiger partial charge in [0.25, 0.3) is 0 Å². The Bertz CT molecular complexity index is 456. The molecule has 4 nitrogen and oxygen atoms in total. The molecular weight excluding hydrogens is 214 g/mol. The van der Waals surface area contributed by atoms with Crippen molar-refractivity contribution in [2.45, 2.75) is 13.0 Å². The van der Waals surface area contributed by atoms with Gasteiger partial charge in [-0.05, 0) is 30.7 Å². The highest BCUT2D eigenvalue weighted by atomic mass is 16.5. The second-order valence-electron chi connectivity index (χ2n) is 3.71. The summed E-state index contributed by atoms with van der Waals surface area (Å²) in [5.41, 5.74) is 1.17. The SMILES string of the molecule is COc1ccc(C(C)Nc2ncccn2)cc1. The van der Waals surface area contributed by atoms with Crippen LogP contribution in [0.4, 0.5) is 5.95 Å². The molecule has 0 aliphatic carbocycles. The highest BCUT2D eigenvalue weighted by molar-refractivity contribution is 5.34. The van der Waals surface area contributed by atoms with Crippen LogP contribution < -0.4 is 10.1 Å². The first-order valence-corrected chi connectivity index (χ1v) is 5.47. The lowest BCUT2D eigenvalue weighted by atomic mass is 10.1. The van der Waals surface area contributed by atoms with E-state index in [9.17, 15) is 0 Å². The molecule has 0 amide bonds. The quantitative estimate of drug-likeness (QED) is 0.875. The van der Waals surface area contributed by atoms with Crippen LogP contribution in [-0.4, -0.2) is 17.1 Å². The average Bonchev–Trinajstić information content (AvgIpc) is 2.40. The van der Waals surface area contributed by atoms with E-state index < -0.39 is 0 Å².